The second kappa shape index (κ2) is 7.50. The summed E-state index contributed by atoms with van der Waals surface area (Å²) < 4.78 is 0. The lowest BCUT2D eigenvalue weighted by molar-refractivity contribution is 0.897. The molecule has 0 aromatic heterocycles. The molecule has 2 aromatic rings. The number of halogens is 1. The molecule has 0 nitrogen and oxygen atoms in total. The summed E-state index contributed by atoms with van der Waals surface area (Å²) in [4.78, 5) is 2.86. The zero-order valence-electron chi connectivity index (χ0n) is 10.4. The van der Waals surface area contributed by atoms with E-state index in [1.165, 1.54) is 22.0 Å². The fourth-order valence-corrected chi connectivity index (χ4v) is 4.28. The Hall–Kier alpha value is -0.920. The third-order valence-electron chi connectivity index (χ3n) is 2.79. The largest absolute Gasteiger partial charge is 0.160 e. The number of alkyl halides is 1. The maximum atomic E-state index is 5.78. The van der Waals surface area contributed by atoms with Crippen LogP contribution in [0.15, 0.2) is 70.5 Å². The Morgan fingerprint density at radius 3 is 1.67 bits per heavy atom. The van der Waals surface area contributed by atoms with Crippen LogP contribution >= 0.6 is 11.6 Å². The van der Waals surface area contributed by atoms with Gasteiger partial charge >= 0.3 is 0 Å². The van der Waals surface area contributed by atoms with Gasteiger partial charge in [0, 0.05) is 5.88 Å². The van der Waals surface area contributed by atoms with Crippen LogP contribution in [0.2, 0.25) is 0 Å². The van der Waals surface area contributed by atoms with Crippen molar-refractivity contribution >= 4 is 22.5 Å². The van der Waals surface area contributed by atoms with E-state index in [9.17, 15) is 0 Å². The highest BCUT2D eigenvalue weighted by Gasteiger charge is 2.23. The van der Waals surface area contributed by atoms with Crippen molar-refractivity contribution in [3.8, 4) is 0 Å². The van der Waals surface area contributed by atoms with Gasteiger partial charge in [-0.15, -0.1) is 11.6 Å². The van der Waals surface area contributed by atoms with E-state index in [2.05, 4.69) is 60.7 Å². The zero-order chi connectivity index (χ0) is 12.6. The lowest BCUT2D eigenvalue weighted by Gasteiger charge is -2.07. The van der Waals surface area contributed by atoms with Crippen LogP contribution in [0.5, 0.6) is 0 Å². The fourth-order valence-electron chi connectivity index (χ4n) is 1.88. The Labute approximate surface area is 117 Å². The number of hydrogen-bond acceptors (Lipinski definition) is 0. The van der Waals surface area contributed by atoms with Gasteiger partial charge in [-0.1, -0.05) is 36.4 Å². The minimum absolute atomic E-state index is 0.189. The molecule has 0 saturated heterocycles. The topological polar surface area (TPSA) is 0 Å². The van der Waals surface area contributed by atoms with Gasteiger partial charge in [-0.25, -0.2) is 0 Å². The smallest absolute Gasteiger partial charge is 0.127 e. The summed E-state index contributed by atoms with van der Waals surface area (Å²) in [5.41, 5.74) is 0. The Morgan fingerprint density at radius 1 is 0.722 bits per heavy atom. The average molecular weight is 278 g/mol. The summed E-state index contributed by atoms with van der Waals surface area (Å²) in [6, 6.07) is 21.6. The lowest BCUT2D eigenvalue weighted by atomic mass is 10.4. The average Bonchev–Trinajstić information content (AvgIpc) is 2.46. The molecule has 2 aromatic carbocycles. The first-order chi connectivity index (χ1) is 8.92. The van der Waals surface area contributed by atoms with Gasteiger partial charge in [0.2, 0.25) is 0 Å². The fraction of sp³-hybridized carbons (Fsp3) is 0.250. The summed E-state index contributed by atoms with van der Waals surface area (Å²) in [7, 11) is 0.189. The molecule has 0 spiro atoms. The molecule has 0 bridgehead atoms. The van der Waals surface area contributed by atoms with E-state index >= 15 is 0 Å². The van der Waals surface area contributed by atoms with E-state index < -0.39 is 0 Å². The molecule has 0 heterocycles. The molecule has 0 radical (unpaired) electrons. The zero-order valence-corrected chi connectivity index (χ0v) is 12.0. The summed E-state index contributed by atoms with van der Waals surface area (Å²) >= 11 is 5.78. The van der Waals surface area contributed by atoms with Crippen LogP contribution in [0, 0.1) is 0 Å². The maximum Gasteiger partial charge on any atom is 0.160 e. The molecular weight excluding hydrogens is 260 g/mol. The maximum absolute atomic E-state index is 5.78. The van der Waals surface area contributed by atoms with E-state index in [4.69, 9.17) is 11.6 Å². The third kappa shape index (κ3) is 3.79. The van der Waals surface area contributed by atoms with Gasteiger partial charge in [-0.3, -0.25) is 0 Å². The Bertz CT molecular complexity index is 402. The quantitative estimate of drug-likeness (QED) is 0.406. The van der Waals surface area contributed by atoms with E-state index in [0.29, 0.717) is 0 Å². The first kappa shape index (κ1) is 13.5. The Balaban J connectivity index is 2.18. The van der Waals surface area contributed by atoms with Crippen LogP contribution in [-0.2, 0) is 10.9 Å². The van der Waals surface area contributed by atoms with Crippen molar-refractivity contribution in [2.24, 2.45) is 0 Å². The molecule has 2 heteroatoms. The van der Waals surface area contributed by atoms with Crippen LogP contribution in [0.1, 0.15) is 12.8 Å². The number of hydrogen-bond donors (Lipinski definition) is 0. The van der Waals surface area contributed by atoms with E-state index in [1.807, 2.05) is 0 Å². The molecule has 0 aliphatic rings. The normalized spacial score (nSPS) is 10.8. The summed E-state index contributed by atoms with van der Waals surface area (Å²) in [6.07, 6.45) is 2.29. The number of unbranched alkanes of at least 4 members (excludes halogenated alkanes) is 1. The molecule has 0 aliphatic carbocycles. The van der Waals surface area contributed by atoms with E-state index in [1.54, 1.807) is 0 Å². The van der Waals surface area contributed by atoms with Gasteiger partial charge < -0.3 is 0 Å². The molecule has 0 fully saturated rings. The highest BCUT2D eigenvalue weighted by molar-refractivity contribution is 7.97. The SMILES string of the molecule is ClCCCC[S+](c1ccccc1)c1ccccc1. The van der Waals surface area contributed by atoms with Crippen LogP contribution in [-0.4, -0.2) is 11.6 Å². The predicted molar refractivity (Wildman–Crippen MR) is 81.6 cm³/mol. The van der Waals surface area contributed by atoms with Gasteiger partial charge in [-0.2, -0.15) is 0 Å². The van der Waals surface area contributed by atoms with Gasteiger partial charge in [0.25, 0.3) is 0 Å². The highest BCUT2D eigenvalue weighted by atomic mass is 35.5. The lowest BCUT2D eigenvalue weighted by Crippen LogP contribution is -2.09. The van der Waals surface area contributed by atoms with E-state index in [-0.39, 0.29) is 10.9 Å². The van der Waals surface area contributed by atoms with Gasteiger partial charge in [-0.05, 0) is 37.1 Å². The van der Waals surface area contributed by atoms with Gasteiger partial charge in [0.15, 0.2) is 9.79 Å². The molecule has 0 amide bonds. The molecule has 0 saturated carbocycles. The minimum Gasteiger partial charge on any atom is -0.127 e. The van der Waals surface area contributed by atoms with Crippen molar-refractivity contribution in [1.29, 1.82) is 0 Å². The molecule has 0 aliphatic heterocycles. The molecule has 18 heavy (non-hydrogen) atoms. The number of rotatable bonds is 6. The van der Waals surface area contributed by atoms with Crippen molar-refractivity contribution < 1.29 is 0 Å². The van der Waals surface area contributed by atoms with Crippen molar-refractivity contribution in [2.75, 3.05) is 11.6 Å². The molecule has 0 atom stereocenters. The summed E-state index contributed by atoms with van der Waals surface area (Å²) in [6.45, 7) is 0. The summed E-state index contributed by atoms with van der Waals surface area (Å²) in [5.74, 6) is 1.96. The first-order valence-electron chi connectivity index (χ1n) is 6.29. The van der Waals surface area contributed by atoms with Gasteiger partial charge in [0.1, 0.15) is 5.75 Å². The second-order valence-corrected chi connectivity index (χ2v) is 6.63. The van der Waals surface area contributed by atoms with Crippen molar-refractivity contribution in [1.82, 2.24) is 0 Å². The van der Waals surface area contributed by atoms with Crippen molar-refractivity contribution in [3.05, 3.63) is 60.7 Å². The number of benzene rings is 2. The molecule has 0 N–H and O–H groups in total. The monoisotopic (exact) mass is 277 g/mol. The predicted octanol–water partition coefficient (Wildman–Crippen LogP) is 4.74. The Morgan fingerprint density at radius 2 is 1.22 bits per heavy atom. The van der Waals surface area contributed by atoms with Crippen LogP contribution in [0.25, 0.3) is 0 Å². The Kier molecular flexibility index (Phi) is 5.63. The van der Waals surface area contributed by atoms with Gasteiger partial charge in [0.05, 0.1) is 10.9 Å². The molecule has 94 valence electrons. The minimum atomic E-state index is 0.189. The second-order valence-electron chi connectivity index (χ2n) is 4.12. The van der Waals surface area contributed by atoms with Crippen LogP contribution in [0.3, 0.4) is 0 Å². The third-order valence-corrected chi connectivity index (χ3v) is 5.43. The van der Waals surface area contributed by atoms with Crippen molar-refractivity contribution in [2.45, 2.75) is 22.6 Å². The van der Waals surface area contributed by atoms with Crippen molar-refractivity contribution in [3.63, 3.8) is 0 Å². The van der Waals surface area contributed by atoms with Crippen LogP contribution in [0.4, 0.5) is 0 Å². The standard InChI is InChI=1S/C16H18ClS/c17-13-7-8-14-18(15-9-3-1-4-10-15)16-11-5-2-6-12-16/h1-6,9-12H,7-8,13-14H2/q+1. The molecular formula is C16H18ClS+. The first-order valence-corrected chi connectivity index (χ1v) is 8.21. The molecule has 2 rings (SSSR count). The molecule has 0 unspecified atom stereocenters. The highest BCUT2D eigenvalue weighted by Crippen LogP contribution is 2.24. The summed E-state index contributed by atoms with van der Waals surface area (Å²) in [5, 5.41) is 0. The van der Waals surface area contributed by atoms with E-state index in [0.717, 1.165) is 12.3 Å². The van der Waals surface area contributed by atoms with Crippen LogP contribution < -0.4 is 0 Å².